The summed E-state index contributed by atoms with van der Waals surface area (Å²) in [6, 6.07) is 5.60. The molecule has 0 bridgehead atoms. The van der Waals surface area contributed by atoms with E-state index in [0.29, 0.717) is 37.5 Å². The standard InChI is InChI=1S/C23H23N11O4/c1-38-15-11-27-21(34(13-24)28-12-16(25)35)19-18(15)14(10-26-19)20(36)22(37)31-6-8-32(9-7-31)23-29-17-4-2-3-5-33(17)30-23/h2-5,10-13,24,26H,6-9H2,1H3,(H2,25,35). The Labute approximate surface area is 215 Å². The van der Waals surface area contributed by atoms with Gasteiger partial charge in [-0.3, -0.25) is 19.8 Å². The fourth-order valence-electron chi connectivity index (χ4n) is 4.20. The van der Waals surface area contributed by atoms with Gasteiger partial charge in [-0.2, -0.15) is 10.1 Å². The van der Waals surface area contributed by atoms with Gasteiger partial charge in [0.15, 0.2) is 11.5 Å². The number of rotatable bonds is 8. The molecule has 194 valence electrons. The van der Waals surface area contributed by atoms with Gasteiger partial charge in [0.25, 0.3) is 17.6 Å². The fourth-order valence-corrected chi connectivity index (χ4v) is 4.20. The molecule has 4 aromatic heterocycles. The van der Waals surface area contributed by atoms with Gasteiger partial charge in [0, 0.05) is 38.6 Å². The maximum atomic E-state index is 13.3. The van der Waals surface area contributed by atoms with Crippen molar-refractivity contribution in [1.29, 1.82) is 5.41 Å². The molecule has 0 radical (unpaired) electrons. The summed E-state index contributed by atoms with van der Waals surface area (Å²) in [5.41, 5.74) is 6.19. The van der Waals surface area contributed by atoms with E-state index in [1.54, 1.807) is 4.52 Å². The lowest BCUT2D eigenvalue weighted by Gasteiger charge is -2.33. The fraction of sp³-hybridized carbons (Fsp3) is 0.217. The number of H-pyrrole nitrogens is 1. The number of anilines is 2. The number of carbonyl (C=O) groups is 3. The van der Waals surface area contributed by atoms with Gasteiger partial charge in [-0.15, -0.1) is 5.10 Å². The third-order valence-electron chi connectivity index (χ3n) is 6.04. The van der Waals surface area contributed by atoms with Crippen LogP contribution in [0.25, 0.3) is 16.6 Å². The van der Waals surface area contributed by atoms with Crippen LogP contribution in [0.2, 0.25) is 0 Å². The number of primary amides is 1. The number of amides is 2. The van der Waals surface area contributed by atoms with Crippen molar-refractivity contribution in [3.05, 3.63) is 42.4 Å². The van der Waals surface area contributed by atoms with E-state index in [-0.39, 0.29) is 22.6 Å². The van der Waals surface area contributed by atoms with Crippen LogP contribution in [0.5, 0.6) is 5.75 Å². The summed E-state index contributed by atoms with van der Waals surface area (Å²) in [7, 11) is 1.41. The molecule has 0 saturated carbocycles. The van der Waals surface area contributed by atoms with E-state index in [2.05, 4.69) is 25.2 Å². The maximum Gasteiger partial charge on any atom is 0.295 e. The van der Waals surface area contributed by atoms with Crippen LogP contribution in [0.15, 0.2) is 41.9 Å². The van der Waals surface area contributed by atoms with E-state index >= 15 is 0 Å². The number of nitrogens with zero attached hydrogens (tertiary/aromatic N) is 8. The topological polar surface area (TPSA) is 191 Å². The highest BCUT2D eigenvalue weighted by molar-refractivity contribution is 6.45. The Kier molecular flexibility index (Phi) is 6.39. The number of fused-ring (bicyclic) bond motifs is 2. The van der Waals surface area contributed by atoms with Gasteiger partial charge in [0.2, 0.25) is 5.95 Å². The first kappa shape index (κ1) is 24.4. The Bertz CT molecular complexity index is 1550. The number of aromatic amines is 1. The number of carbonyl (C=O) groups excluding carboxylic acids is 3. The van der Waals surface area contributed by atoms with Crippen LogP contribution < -0.4 is 20.4 Å². The number of ether oxygens (including phenoxy) is 1. The first-order chi connectivity index (χ1) is 18.4. The van der Waals surface area contributed by atoms with Crippen molar-refractivity contribution in [1.82, 2.24) is 29.5 Å². The molecule has 1 saturated heterocycles. The number of hydrazone groups is 1. The molecular weight excluding hydrogens is 494 g/mol. The second-order valence-corrected chi connectivity index (χ2v) is 8.25. The molecule has 0 atom stereocenters. The van der Waals surface area contributed by atoms with Gasteiger partial charge in [-0.1, -0.05) is 6.07 Å². The molecule has 4 aromatic rings. The van der Waals surface area contributed by atoms with Gasteiger partial charge in [0.1, 0.15) is 18.3 Å². The molecule has 0 aromatic carbocycles. The quantitative estimate of drug-likeness (QED) is 0.0951. The summed E-state index contributed by atoms with van der Waals surface area (Å²) in [5, 5.41) is 17.2. The number of nitrogens with one attached hydrogen (secondary N) is 2. The Morgan fingerprint density at radius 2 is 2.03 bits per heavy atom. The van der Waals surface area contributed by atoms with Crippen LogP contribution in [0.1, 0.15) is 10.4 Å². The first-order valence-corrected chi connectivity index (χ1v) is 11.5. The average molecular weight is 518 g/mol. The summed E-state index contributed by atoms with van der Waals surface area (Å²) in [6.45, 7) is 1.56. The second kappa shape index (κ2) is 9.96. The van der Waals surface area contributed by atoms with Crippen molar-refractivity contribution in [2.24, 2.45) is 10.8 Å². The molecule has 38 heavy (non-hydrogen) atoms. The molecule has 1 aliphatic heterocycles. The zero-order valence-corrected chi connectivity index (χ0v) is 20.2. The van der Waals surface area contributed by atoms with Crippen LogP contribution in [-0.4, -0.2) is 92.9 Å². The average Bonchev–Trinajstić information content (AvgIpc) is 3.58. The highest BCUT2D eigenvalue weighted by atomic mass is 16.5. The monoisotopic (exact) mass is 517 g/mol. The Morgan fingerprint density at radius 1 is 1.24 bits per heavy atom. The second-order valence-electron chi connectivity index (χ2n) is 8.25. The molecule has 5 heterocycles. The van der Waals surface area contributed by atoms with E-state index in [9.17, 15) is 14.4 Å². The minimum absolute atomic E-state index is 0.0822. The van der Waals surface area contributed by atoms with Crippen LogP contribution in [-0.2, 0) is 9.59 Å². The van der Waals surface area contributed by atoms with Crippen molar-refractivity contribution in [3.63, 3.8) is 0 Å². The van der Waals surface area contributed by atoms with Gasteiger partial charge >= 0.3 is 0 Å². The van der Waals surface area contributed by atoms with Gasteiger partial charge in [-0.05, 0) is 12.1 Å². The van der Waals surface area contributed by atoms with Crippen molar-refractivity contribution in [2.45, 2.75) is 0 Å². The van der Waals surface area contributed by atoms with E-state index in [0.717, 1.165) is 23.2 Å². The summed E-state index contributed by atoms with van der Waals surface area (Å²) in [4.78, 5) is 52.8. The lowest BCUT2D eigenvalue weighted by Crippen LogP contribution is -2.51. The van der Waals surface area contributed by atoms with Crippen molar-refractivity contribution < 1.29 is 19.1 Å². The summed E-state index contributed by atoms with van der Waals surface area (Å²) in [5.74, 6) is -1.30. The first-order valence-electron chi connectivity index (χ1n) is 11.5. The molecule has 5 rings (SSSR count). The molecular formula is C23H23N11O4. The largest absolute Gasteiger partial charge is 0.494 e. The lowest BCUT2D eigenvalue weighted by molar-refractivity contribution is -0.126. The molecule has 2 amide bonds. The predicted octanol–water partition coefficient (Wildman–Crippen LogP) is 0.0303. The summed E-state index contributed by atoms with van der Waals surface area (Å²) >= 11 is 0. The smallest absolute Gasteiger partial charge is 0.295 e. The van der Waals surface area contributed by atoms with E-state index in [1.165, 1.54) is 24.4 Å². The van der Waals surface area contributed by atoms with E-state index in [4.69, 9.17) is 15.9 Å². The van der Waals surface area contributed by atoms with Gasteiger partial charge in [-0.25, -0.2) is 14.5 Å². The highest BCUT2D eigenvalue weighted by Gasteiger charge is 2.31. The van der Waals surface area contributed by atoms with Crippen LogP contribution >= 0.6 is 0 Å². The number of nitrogens with two attached hydrogens (primary N) is 1. The number of hydrogen-bond donors (Lipinski definition) is 3. The molecule has 1 aliphatic rings. The molecule has 0 aliphatic carbocycles. The maximum absolute atomic E-state index is 13.3. The number of methoxy groups -OCH3 is 1. The Hall–Kier alpha value is -5.34. The molecule has 0 unspecified atom stereocenters. The number of Topliss-reactive ketones (excluding diaryl/α,β-unsaturated/α-hetero) is 1. The van der Waals surface area contributed by atoms with E-state index in [1.807, 2.05) is 29.3 Å². The number of hydrogen-bond acceptors (Lipinski definition) is 10. The normalized spacial score (nSPS) is 13.8. The SMILES string of the molecule is COc1cnc(N(C=N)N=CC(N)=O)c2[nH]cc(C(=O)C(=O)N3CCN(c4nc5ccccn5n4)CC3)c12. The molecule has 4 N–H and O–H groups in total. The summed E-state index contributed by atoms with van der Waals surface area (Å²) < 4.78 is 7.07. The van der Waals surface area contributed by atoms with Gasteiger partial charge in [0.05, 0.1) is 29.8 Å². The third kappa shape index (κ3) is 4.36. The number of piperazine rings is 1. The molecule has 1 fully saturated rings. The zero-order valence-electron chi connectivity index (χ0n) is 20.2. The summed E-state index contributed by atoms with van der Waals surface area (Å²) in [6.07, 6.45) is 6.17. The zero-order chi connectivity index (χ0) is 26.8. The molecule has 15 nitrogen and oxygen atoms in total. The number of pyridine rings is 2. The number of ketones is 1. The highest BCUT2D eigenvalue weighted by Crippen LogP contribution is 2.34. The minimum Gasteiger partial charge on any atom is -0.494 e. The Balaban J connectivity index is 1.37. The van der Waals surface area contributed by atoms with Crippen LogP contribution in [0.4, 0.5) is 11.8 Å². The minimum atomic E-state index is -0.813. The Morgan fingerprint density at radius 3 is 2.71 bits per heavy atom. The van der Waals surface area contributed by atoms with Crippen LogP contribution in [0.3, 0.4) is 0 Å². The van der Waals surface area contributed by atoms with Gasteiger partial charge < -0.3 is 25.3 Å². The van der Waals surface area contributed by atoms with Crippen molar-refractivity contribution in [2.75, 3.05) is 43.2 Å². The number of aromatic nitrogens is 5. The van der Waals surface area contributed by atoms with E-state index < -0.39 is 17.6 Å². The lowest BCUT2D eigenvalue weighted by atomic mass is 10.1. The van der Waals surface area contributed by atoms with Crippen molar-refractivity contribution in [3.8, 4) is 5.75 Å². The molecule has 15 heteroatoms. The molecule has 0 spiro atoms. The predicted molar refractivity (Wildman–Crippen MR) is 138 cm³/mol. The van der Waals surface area contributed by atoms with Crippen LogP contribution in [0, 0.1) is 5.41 Å². The third-order valence-corrected chi connectivity index (χ3v) is 6.04. The van der Waals surface area contributed by atoms with Crippen molar-refractivity contribution >= 4 is 58.5 Å².